The van der Waals surface area contributed by atoms with Crippen molar-refractivity contribution in [2.24, 2.45) is 0 Å². The van der Waals surface area contributed by atoms with Crippen LogP contribution in [0.4, 0.5) is 8.78 Å². The van der Waals surface area contributed by atoms with Crippen LogP contribution in [0.15, 0.2) is 18.2 Å². The first-order valence-corrected chi connectivity index (χ1v) is 5.04. The van der Waals surface area contributed by atoms with Crippen LogP contribution in [0.1, 0.15) is 17.5 Å². The molecule has 0 N–H and O–H groups in total. The van der Waals surface area contributed by atoms with Gasteiger partial charge >= 0.3 is 0 Å². The minimum Gasteiger partial charge on any atom is -0.242 e. The number of fused-ring (bicyclic) bond motifs is 1. The zero-order chi connectivity index (χ0) is 10.3. The summed E-state index contributed by atoms with van der Waals surface area (Å²) in [5, 5.41) is 0.900. The van der Waals surface area contributed by atoms with E-state index in [0.717, 1.165) is 16.6 Å². The fraction of sp³-hybridized carbons (Fsp3) is 0.300. The average molecular weight is 213 g/mol. The third kappa shape index (κ3) is 1.62. The van der Waals surface area contributed by atoms with Crippen molar-refractivity contribution < 1.29 is 8.78 Å². The van der Waals surface area contributed by atoms with Crippen LogP contribution in [-0.4, -0.2) is 4.98 Å². The van der Waals surface area contributed by atoms with Crippen LogP contribution in [0.25, 0.3) is 10.2 Å². The van der Waals surface area contributed by atoms with Crippen LogP contribution >= 0.6 is 11.3 Å². The van der Waals surface area contributed by atoms with E-state index in [1.54, 1.807) is 6.07 Å². The number of halogens is 2. The fourth-order valence-corrected chi connectivity index (χ4v) is 2.12. The third-order valence-electron chi connectivity index (χ3n) is 2.00. The number of aromatic nitrogens is 1. The topological polar surface area (TPSA) is 12.9 Å². The number of nitrogens with zero attached hydrogens (tertiary/aromatic N) is 1. The lowest BCUT2D eigenvalue weighted by atomic mass is 10.1. The molecule has 0 aliphatic rings. The second-order valence-electron chi connectivity index (χ2n) is 3.30. The molecule has 0 atom stereocenters. The van der Waals surface area contributed by atoms with Gasteiger partial charge < -0.3 is 0 Å². The number of rotatable bonds is 1. The van der Waals surface area contributed by atoms with Crippen molar-refractivity contribution in [3.63, 3.8) is 0 Å². The van der Waals surface area contributed by atoms with Crippen molar-refractivity contribution in [1.82, 2.24) is 4.98 Å². The van der Waals surface area contributed by atoms with Gasteiger partial charge in [0.25, 0.3) is 5.92 Å². The smallest absolute Gasteiger partial charge is 0.242 e. The maximum Gasteiger partial charge on any atom is 0.270 e. The second kappa shape index (κ2) is 2.98. The maximum absolute atomic E-state index is 13.0. The van der Waals surface area contributed by atoms with Crippen molar-refractivity contribution in [3.05, 3.63) is 28.8 Å². The summed E-state index contributed by atoms with van der Waals surface area (Å²) in [6.07, 6.45) is 0. The van der Waals surface area contributed by atoms with Gasteiger partial charge in [-0.3, -0.25) is 0 Å². The van der Waals surface area contributed by atoms with E-state index in [0.29, 0.717) is 5.52 Å². The minimum atomic E-state index is -2.79. The Morgan fingerprint density at radius 2 is 2.07 bits per heavy atom. The molecule has 0 spiro atoms. The van der Waals surface area contributed by atoms with Crippen molar-refractivity contribution in [2.75, 3.05) is 0 Å². The molecule has 14 heavy (non-hydrogen) atoms. The van der Waals surface area contributed by atoms with Crippen LogP contribution in [0.2, 0.25) is 0 Å². The first-order chi connectivity index (χ1) is 6.47. The number of hydrogen-bond acceptors (Lipinski definition) is 2. The molecule has 1 aromatic carbocycles. The van der Waals surface area contributed by atoms with Gasteiger partial charge in [-0.2, -0.15) is 0 Å². The van der Waals surface area contributed by atoms with Crippen LogP contribution in [0.5, 0.6) is 0 Å². The standard InChI is InChI=1S/C10H9F2NS/c1-6-13-8-5-7(10(2,11)12)3-4-9(8)14-6/h3-5H,1-2H3. The summed E-state index contributed by atoms with van der Waals surface area (Å²) in [6, 6.07) is 4.62. The summed E-state index contributed by atoms with van der Waals surface area (Å²) in [5.74, 6) is -2.79. The minimum absolute atomic E-state index is 0.0234. The van der Waals surface area contributed by atoms with Gasteiger partial charge in [0.1, 0.15) is 0 Å². The molecule has 0 saturated heterocycles. The number of hydrogen-bond donors (Lipinski definition) is 0. The molecule has 0 radical (unpaired) electrons. The van der Waals surface area contributed by atoms with Gasteiger partial charge in [-0.25, -0.2) is 13.8 Å². The molecular formula is C10H9F2NS. The Kier molecular flexibility index (Phi) is 2.03. The monoisotopic (exact) mass is 213 g/mol. The molecule has 2 rings (SSSR count). The molecule has 1 aromatic heterocycles. The van der Waals surface area contributed by atoms with Gasteiger partial charge in [0.2, 0.25) is 0 Å². The quantitative estimate of drug-likeness (QED) is 0.703. The summed E-state index contributed by atoms with van der Waals surface area (Å²) in [4.78, 5) is 4.17. The van der Waals surface area contributed by atoms with Gasteiger partial charge in [0, 0.05) is 12.5 Å². The maximum atomic E-state index is 13.0. The highest BCUT2D eigenvalue weighted by molar-refractivity contribution is 7.18. The molecule has 1 heterocycles. The average Bonchev–Trinajstić information content (AvgIpc) is 2.41. The molecule has 0 unspecified atom stereocenters. The molecule has 2 aromatic rings. The Labute approximate surface area is 84.4 Å². The van der Waals surface area contributed by atoms with E-state index in [1.165, 1.54) is 23.5 Å². The summed E-state index contributed by atoms with van der Waals surface area (Å²) < 4.78 is 26.9. The number of aryl methyl sites for hydroxylation is 1. The highest BCUT2D eigenvalue weighted by atomic mass is 32.1. The molecule has 4 heteroatoms. The van der Waals surface area contributed by atoms with Crippen LogP contribution < -0.4 is 0 Å². The summed E-state index contributed by atoms with van der Waals surface area (Å²) in [6.45, 7) is 2.77. The van der Waals surface area contributed by atoms with Gasteiger partial charge in [-0.1, -0.05) is 6.07 Å². The van der Waals surface area contributed by atoms with E-state index in [9.17, 15) is 8.78 Å². The van der Waals surface area contributed by atoms with Crippen molar-refractivity contribution in [2.45, 2.75) is 19.8 Å². The van der Waals surface area contributed by atoms with E-state index in [4.69, 9.17) is 0 Å². The summed E-state index contributed by atoms with van der Waals surface area (Å²) >= 11 is 1.52. The molecule has 0 saturated carbocycles. The summed E-state index contributed by atoms with van der Waals surface area (Å²) in [5.41, 5.74) is 0.682. The van der Waals surface area contributed by atoms with Crippen molar-refractivity contribution >= 4 is 21.6 Å². The van der Waals surface area contributed by atoms with E-state index >= 15 is 0 Å². The van der Waals surface area contributed by atoms with Gasteiger partial charge in [0.05, 0.1) is 15.2 Å². The predicted molar refractivity (Wildman–Crippen MR) is 53.9 cm³/mol. The van der Waals surface area contributed by atoms with Crippen LogP contribution in [-0.2, 0) is 5.92 Å². The number of alkyl halides is 2. The third-order valence-corrected chi connectivity index (χ3v) is 2.95. The molecule has 1 nitrogen and oxygen atoms in total. The molecule has 0 aliphatic carbocycles. The lowest BCUT2D eigenvalue weighted by molar-refractivity contribution is 0.0176. The van der Waals surface area contributed by atoms with Crippen molar-refractivity contribution in [1.29, 1.82) is 0 Å². The SMILES string of the molecule is Cc1nc2cc(C(C)(F)F)ccc2s1. The van der Waals surface area contributed by atoms with E-state index in [1.807, 2.05) is 6.92 Å². The van der Waals surface area contributed by atoms with E-state index in [-0.39, 0.29) is 5.56 Å². The molecule has 0 bridgehead atoms. The largest absolute Gasteiger partial charge is 0.270 e. The predicted octanol–water partition coefficient (Wildman–Crippen LogP) is 3.72. The van der Waals surface area contributed by atoms with Crippen LogP contribution in [0, 0.1) is 6.92 Å². The summed E-state index contributed by atoms with van der Waals surface area (Å²) in [7, 11) is 0. The van der Waals surface area contributed by atoms with Gasteiger partial charge in [0.15, 0.2) is 0 Å². The van der Waals surface area contributed by atoms with Gasteiger partial charge in [-0.05, 0) is 19.1 Å². The Hall–Kier alpha value is -1.03. The highest BCUT2D eigenvalue weighted by Gasteiger charge is 2.24. The Balaban J connectivity index is 2.62. The Morgan fingerprint density at radius 3 is 2.71 bits per heavy atom. The van der Waals surface area contributed by atoms with Gasteiger partial charge in [-0.15, -0.1) is 11.3 Å². The molecule has 74 valence electrons. The number of thiazole rings is 1. The Morgan fingerprint density at radius 1 is 1.36 bits per heavy atom. The second-order valence-corrected chi connectivity index (χ2v) is 4.54. The van der Waals surface area contributed by atoms with E-state index < -0.39 is 5.92 Å². The molecule has 0 fully saturated rings. The highest BCUT2D eigenvalue weighted by Crippen LogP contribution is 2.30. The lowest BCUT2D eigenvalue weighted by Crippen LogP contribution is -2.06. The molecule has 0 amide bonds. The normalized spacial score (nSPS) is 12.3. The molecule has 0 aliphatic heterocycles. The van der Waals surface area contributed by atoms with E-state index in [2.05, 4.69) is 4.98 Å². The zero-order valence-electron chi connectivity index (χ0n) is 7.84. The van der Waals surface area contributed by atoms with Crippen molar-refractivity contribution in [3.8, 4) is 0 Å². The first-order valence-electron chi connectivity index (χ1n) is 4.22. The number of benzene rings is 1. The lowest BCUT2D eigenvalue weighted by Gasteiger charge is -2.09. The Bertz CT molecular complexity index is 470. The van der Waals surface area contributed by atoms with Crippen LogP contribution in [0.3, 0.4) is 0 Å². The fourth-order valence-electron chi connectivity index (χ4n) is 1.32. The molecular weight excluding hydrogens is 204 g/mol. The first kappa shape index (κ1) is 9.52. The zero-order valence-corrected chi connectivity index (χ0v) is 8.66.